The van der Waals surface area contributed by atoms with Gasteiger partial charge in [-0.15, -0.1) is 0 Å². The predicted octanol–water partition coefficient (Wildman–Crippen LogP) is 2.78. The van der Waals surface area contributed by atoms with Crippen LogP contribution in [0.5, 0.6) is 0 Å². The minimum absolute atomic E-state index is 0.0353. The molecule has 6 heteroatoms. The van der Waals surface area contributed by atoms with Crippen molar-refractivity contribution in [2.24, 2.45) is 4.99 Å². The minimum atomic E-state index is -0.383. The summed E-state index contributed by atoms with van der Waals surface area (Å²) in [4.78, 5) is 30.5. The largest absolute Gasteiger partial charge is 0.356 e. The molecule has 0 aromatic heterocycles. The number of aryl methyl sites for hydroxylation is 2. The van der Waals surface area contributed by atoms with Crippen molar-refractivity contribution in [3.63, 3.8) is 0 Å². The summed E-state index contributed by atoms with van der Waals surface area (Å²) in [6.45, 7) is 8.97. The van der Waals surface area contributed by atoms with E-state index in [0.29, 0.717) is 18.3 Å². The highest BCUT2D eigenvalue weighted by molar-refractivity contribution is 8.15. The molecule has 2 rings (SSSR count). The second-order valence-corrected chi connectivity index (χ2v) is 6.76. The van der Waals surface area contributed by atoms with Crippen LogP contribution in [0.15, 0.2) is 23.2 Å². The third kappa shape index (κ3) is 4.34. The Morgan fingerprint density at radius 2 is 1.91 bits per heavy atom. The molecule has 0 saturated carbocycles. The lowest BCUT2D eigenvalue weighted by molar-refractivity contribution is -0.129. The number of carbonyl (C=O) groups is 2. The molecule has 0 radical (unpaired) electrons. The molecule has 2 amide bonds. The number of amidine groups is 1. The quantitative estimate of drug-likeness (QED) is 0.901. The topological polar surface area (TPSA) is 61.8 Å². The molecular formula is C17H23N3O2S. The zero-order valence-corrected chi connectivity index (χ0v) is 14.9. The molecule has 1 aliphatic heterocycles. The van der Waals surface area contributed by atoms with E-state index in [4.69, 9.17) is 0 Å². The lowest BCUT2D eigenvalue weighted by Crippen LogP contribution is -2.34. The fourth-order valence-corrected chi connectivity index (χ4v) is 3.80. The van der Waals surface area contributed by atoms with E-state index in [1.54, 1.807) is 4.90 Å². The molecule has 1 aromatic rings. The molecular weight excluding hydrogens is 310 g/mol. The first-order valence-electron chi connectivity index (χ1n) is 7.86. The molecule has 1 fully saturated rings. The summed E-state index contributed by atoms with van der Waals surface area (Å²) in [5.74, 6) is -0.131. The van der Waals surface area contributed by atoms with Crippen LogP contribution >= 0.6 is 11.8 Å². The molecule has 124 valence electrons. The second kappa shape index (κ2) is 7.64. The normalized spacial score (nSPS) is 19.5. The van der Waals surface area contributed by atoms with Gasteiger partial charge in [0.15, 0.2) is 5.17 Å². The standard InChI is InChI=1S/C17H23N3O2S/c1-5-18-15(21)10-14-16(22)20(6-2)17(23-14)19-13-8-11(3)7-12(4)9-13/h7-9,14H,5-6,10H2,1-4H3,(H,18,21). The molecule has 0 spiro atoms. The minimum Gasteiger partial charge on any atom is -0.356 e. The van der Waals surface area contributed by atoms with E-state index in [1.165, 1.54) is 11.8 Å². The Bertz CT molecular complexity index is 622. The van der Waals surface area contributed by atoms with E-state index in [1.807, 2.05) is 39.8 Å². The molecule has 1 aromatic carbocycles. The van der Waals surface area contributed by atoms with Gasteiger partial charge in [-0.2, -0.15) is 0 Å². The highest BCUT2D eigenvalue weighted by Gasteiger charge is 2.38. The molecule has 1 unspecified atom stereocenters. The van der Waals surface area contributed by atoms with Crippen LogP contribution < -0.4 is 5.32 Å². The van der Waals surface area contributed by atoms with Crippen molar-refractivity contribution in [1.82, 2.24) is 10.2 Å². The summed E-state index contributed by atoms with van der Waals surface area (Å²) >= 11 is 1.38. The molecule has 1 saturated heterocycles. The molecule has 0 aliphatic carbocycles. The van der Waals surface area contributed by atoms with Gasteiger partial charge in [-0.1, -0.05) is 17.8 Å². The Labute approximate surface area is 141 Å². The van der Waals surface area contributed by atoms with E-state index in [-0.39, 0.29) is 23.5 Å². The lowest BCUT2D eigenvalue weighted by Gasteiger charge is -2.13. The Hall–Kier alpha value is -1.82. The van der Waals surface area contributed by atoms with Gasteiger partial charge in [0.2, 0.25) is 11.8 Å². The third-order valence-electron chi connectivity index (χ3n) is 3.51. The van der Waals surface area contributed by atoms with Gasteiger partial charge in [0.1, 0.15) is 5.25 Å². The van der Waals surface area contributed by atoms with E-state index in [9.17, 15) is 9.59 Å². The number of thioether (sulfide) groups is 1. The van der Waals surface area contributed by atoms with Gasteiger partial charge < -0.3 is 5.32 Å². The maximum Gasteiger partial charge on any atom is 0.242 e. The van der Waals surface area contributed by atoms with Crippen molar-refractivity contribution in [2.45, 2.75) is 39.4 Å². The number of hydrogen-bond donors (Lipinski definition) is 1. The number of rotatable bonds is 5. The van der Waals surface area contributed by atoms with Crippen molar-refractivity contribution in [3.8, 4) is 0 Å². The van der Waals surface area contributed by atoms with Crippen LogP contribution in [-0.4, -0.2) is 40.2 Å². The first-order chi connectivity index (χ1) is 10.9. The smallest absolute Gasteiger partial charge is 0.242 e. The van der Waals surface area contributed by atoms with Gasteiger partial charge in [-0.25, -0.2) is 4.99 Å². The van der Waals surface area contributed by atoms with E-state index in [0.717, 1.165) is 16.8 Å². The Morgan fingerprint density at radius 1 is 1.26 bits per heavy atom. The fraction of sp³-hybridized carbons (Fsp3) is 0.471. The number of aliphatic imine (C=N–C) groups is 1. The molecule has 1 atom stereocenters. The summed E-state index contributed by atoms with van der Waals surface area (Å²) < 4.78 is 0. The van der Waals surface area contributed by atoms with Gasteiger partial charge in [0, 0.05) is 19.5 Å². The van der Waals surface area contributed by atoms with Gasteiger partial charge in [0.05, 0.1) is 5.69 Å². The average molecular weight is 333 g/mol. The number of nitrogens with one attached hydrogen (secondary N) is 1. The zero-order valence-electron chi connectivity index (χ0n) is 14.0. The predicted molar refractivity (Wildman–Crippen MR) is 95.1 cm³/mol. The van der Waals surface area contributed by atoms with Crippen molar-refractivity contribution in [1.29, 1.82) is 0 Å². The summed E-state index contributed by atoms with van der Waals surface area (Å²) in [7, 11) is 0. The second-order valence-electron chi connectivity index (χ2n) is 5.59. The van der Waals surface area contributed by atoms with Crippen molar-refractivity contribution < 1.29 is 9.59 Å². The highest BCUT2D eigenvalue weighted by atomic mass is 32.2. The summed E-state index contributed by atoms with van der Waals surface area (Å²) in [6, 6.07) is 6.08. The molecule has 5 nitrogen and oxygen atoms in total. The van der Waals surface area contributed by atoms with Gasteiger partial charge in [0.25, 0.3) is 0 Å². The first-order valence-corrected chi connectivity index (χ1v) is 8.74. The van der Waals surface area contributed by atoms with Crippen LogP contribution in [0.3, 0.4) is 0 Å². The summed E-state index contributed by atoms with van der Waals surface area (Å²) in [5.41, 5.74) is 3.12. The van der Waals surface area contributed by atoms with Crippen molar-refractivity contribution in [2.75, 3.05) is 13.1 Å². The van der Waals surface area contributed by atoms with Gasteiger partial charge >= 0.3 is 0 Å². The van der Waals surface area contributed by atoms with E-state index >= 15 is 0 Å². The number of hydrogen-bond acceptors (Lipinski definition) is 4. The lowest BCUT2D eigenvalue weighted by atomic mass is 10.1. The highest BCUT2D eigenvalue weighted by Crippen LogP contribution is 2.31. The monoisotopic (exact) mass is 333 g/mol. The number of amides is 2. The fourth-order valence-electron chi connectivity index (χ4n) is 2.58. The van der Waals surface area contributed by atoms with Crippen molar-refractivity contribution in [3.05, 3.63) is 29.3 Å². The van der Waals surface area contributed by atoms with Crippen LogP contribution in [-0.2, 0) is 9.59 Å². The van der Waals surface area contributed by atoms with Crippen LogP contribution in [0.2, 0.25) is 0 Å². The van der Waals surface area contributed by atoms with Crippen molar-refractivity contribution >= 4 is 34.4 Å². The molecule has 1 N–H and O–H groups in total. The van der Waals surface area contributed by atoms with Crippen LogP contribution in [0, 0.1) is 13.8 Å². The number of carbonyl (C=O) groups excluding carboxylic acids is 2. The van der Waals surface area contributed by atoms with Gasteiger partial charge in [-0.05, 0) is 51.0 Å². The summed E-state index contributed by atoms with van der Waals surface area (Å²) in [5, 5.41) is 3.04. The number of benzene rings is 1. The molecule has 0 bridgehead atoms. The van der Waals surface area contributed by atoms with E-state index in [2.05, 4.69) is 16.4 Å². The maximum atomic E-state index is 12.5. The number of nitrogens with zero attached hydrogens (tertiary/aromatic N) is 2. The molecule has 1 heterocycles. The SMILES string of the molecule is CCNC(=O)CC1SC(=Nc2cc(C)cc(C)c2)N(CC)C1=O. The van der Waals surface area contributed by atoms with Crippen LogP contribution in [0.1, 0.15) is 31.4 Å². The maximum absolute atomic E-state index is 12.5. The molecule has 1 aliphatic rings. The Kier molecular flexibility index (Phi) is 5.82. The Balaban J connectivity index is 2.22. The average Bonchev–Trinajstić information content (AvgIpc) is 2.73. The zero-order chi connectivity index (χ0) is 17.0. The Morgan fingerprint density at radius 3 is 2.48 bits per heavy atom. The van der Waals surface area contributed by atoms with Crippen LogP contribution in [0.4, 0.5) is 5.69 Å². The third-order valence-corrected chi connectivity index (χ3v) is 4.69. The van der Waals surface area contributed by atoms with Crippen LogP contribution in [0.25, 0.3) is 0 Å². The first kappa shape index (κ1) is 17.5. The molecule has 23 heavy (non-hydrogen) atoms. The van der Waals surface area contributed by atoms with Gasteiger partial charge in [-0.3, -0.25) is 14.5 Å². The summed E-state index contributed by atoms with van der Waals surface area (Å²) in [6.07, 6.45) is 0.194. The van der Waals surface area contributed by atoms with E-state index < -0.39 is 0 Å².